The number of nitrogens with zero attached hydrogens (tertiary/aromatic N) is 3. The smallest absolute Gasteiger partial charge is 0.177 e. The van der Waals surface area contributed by atoms with Crippen LogP contribution < -0.4 is 0 Å². The van der Waals surface area contributed by atoms with Crippen LogP contribution in [-0.4, -0.2) is 19.7 Å². The second-order valence-electron chi connectivity index (χ2n) is 4.92. The number of hydrogen-bond acceptors (Lipinski definition) is 3. The van der Waals surface area contributed by atoms with Gasteiger partial charge in [-0.15, -0.1) is 0 Å². The van der Waals surface area contributed by atoms with Crippen molar-refractivity contribution in [2.45, 2.75) is 27.3 Å². The highest BCUT2D eigenvalue weighted by atomic mass is 16.3. The Hall–Kier alpha value is -2.04. The molecule has 0 aliphatic carbocycles. The van der Waals surface area contributed by atoms with E-state index >= 15 is 0 Å². The first-order valence-electron chi connectivity index (χ1n) is 6.12. The molecule has 1 N–H and O–H groups in total. The van der Waals surface area contributed by atoms with Crippen molar-refractivity contribution >= 4 is 11.2 Å². The van der Waals surface area contributed by atoms with Crippen LogP contribution in [0.3, 0.4) is 0 Å². The molecule has 18 heavy (non-hydrogen) atoms. The average Bonchev–Trinajstić information content (AvgIpc) is 2.98. The standard InChI is InChI=1S/C13H16N4O/c1-8(2)7-17-13-11(9(3)16-17)14-12(15-13)10-5-4-6-18-10/h4-6,8H,7H2,1-3H3,(H,14,15). The first-order valence-corrected chi connectivity index (χ1v) is 6.12. The Balaban J connectivity index is 2.11. The number of hydrogen-bond donors (Lipinski definition) is 1. The Labute approximate surface area is 105 Å². The minimum Gasteiger partial charge on any atom is -0.461 e. The van der Waals surface area contributed by atoms with Crippen molar-refractivity contribution in [3.8, 4) is 11.6 Å². The zero-order valence-corrected chi connectivity index (χ0v) is 10.8. The molecule has 0 saturated heterocycles. The lowest BCUT2D eigenvalue weighted by Crippen LogP contribution is -2.06. The maximum Gasteiger partial charge on any atom is 0.177 e. The second-order valence-corrected chi connectivity index (χ2v) is 4.92. The van der Waals surface area contributed by atoms with E-state index in [9.17, 15) is 0 Å². The summed E-state index contributed by atoms with van der Waals surface area (Å²) < 4.78 is 7.31. The zero-order valence-electron chi connectivity index (χ0n) is 10.8. The van der Waals surface area contributed by atoms with Crippen LogP contribution in [0.2, 0.25) is 0 Å². The van der Waals surface area contributed by atoms with Gasteiger partial charge in [0.05, 0.1) is 12.0 Å². The van der Waals surface area contributed by atoms with E-state index in [0.717, 1.165) is 35.0 Å². The van der Waals surface area contributed by atoms with Crippen LogP contribution in [0.4, 0.5) is 0 Å². The van der Waals surface area contributed by atoms with Crippen LogP contribution in [0.5, 0.6) is 0 Å². The summed E-state index contributed by atoms with van der Waals surface area (Å²) in [5, 5.41) is 4.50. The van der Waals surface area contributed by atoms with E-state index in [-0.39, 0.29) is 0 Å². The fraction of sp³-hybridized carbons (Fsp3) is 0.385. The first kappa shape index (κ1) is 11.1. The molecule has 0 amide bonds. The molecule has 5 heteroatoms. The third-order valence-electron chi connectivity index (χ3n) is 2.85. The number of rotatable bonds is 3. The van der Waals surface area contributed by atoms with Gasteiger partial charge in [0, 0.05) is 6.54 Å². The number of furan rings is 1. The zero-order chi connectivity index (χ0) is 12.7. The Morgan fingerprint density at radius 2 is 2.28 bits per heavy atom. The van der Waals surface area contributed by atoms with Gasteiger partial charge in [-0.2, -0.15) is 5.10 Å². The number of fused-ring (bicyclic) bond motifs is 1. The van der Waals surface area contributed by atoms with E-state index in [0.29, 0.717) is 5.92 Å². The molecular formula is C13H16N4O. The number of aryl methyl sites for hydroxylation is 1. The fourth-order valence-electron chi connectivity index (χ4n) is 2.08. The average molecular weight is 244 g/mol. The molecule has 0 aromatic carbocycles. The van der Waals surface area contributed by atoms with Crippen molar-refractivity contribution in [2.24, 2.45) is 5.92 Å². The van der Waals surface area contributed by atoms with E-state index in [1.165, 1.54) is 0 Å². The van der Waals surface area contributed by atoms with E-state index < -0.39 is 0 Å². The molecule has 0 aliphatic heterocycles. The summed E-state index contributed by atoms with van der Waals surface area (Å²) >= 11 is 0. The molecule has 0 bridgehead atoms. The van der Waals surface area contributed by atoms with Crippen molar-refractivity contribution in [1.82, 2.24) is 19.7 Å². The van der Waals surface area contributed by atoms with Gasteiger partial charge in [-0.3, -0.25) is 0 Å². The second kappa shape index (κ2) is 4.01. The largest absolute Gasteiger partial charge is 0.461 e. The Morgan fingerprint density at radius 1 is 1.44 bits per heavy atom. The lowest BCUT2D eigenvalue weighted by Gasteiger charge is -2.04. The molecule has 3 aromatic heterocycles. The Bertz CT molecular complexity index is 661. The molecule has 0 atom stereocenters. The van der Waals surface area contributed by atoms with Crippen LogP contribution in [-0.2, 0) is 6.54 Å². The summed E-state index contributed by atoms with van der Waals surface area (Å²) in [6.45, 7) is 7.20. The molecular weight excluding hydrogens is 228 g/mol. The summed E-state index contributed by atoms with van der Waals surface area (Å²) in [4.78, 5) is 7.85. The highest BCUT2D eigenvalue weighted by Crippen LogP contribution is 2.23. The Morgan fingerprint density at radius 3 is 2.94 bits per heavy atom. The normalized spacial score (nSPS) is 11.8. The van der Waals surface area contributed by atoms with E-state index in [1.807, 2.05) is 23.7 Å². The van der Waals surface area contributed by atoms with Crippen molar-refractivity contribution in [1.29, 1.82) is 0 Å². The van der Waals surface area contributed by atoms with Crippen LogP contribution >= 0.6 is 0 Å². The van der Waals surface area contributed by atoms with E-state index in [4.69, 9.17) is 4.42 Å². The van der Waals surface area contributed by atoms with Gasteiger partial charge in [-0.25, -0.2) is 9.67 Å². The molecule has 3 aromatic rings. The molecule has 3 heterocycles. The minimum absolute atomic E-state index is 0.538. The van der Waals surface area contributed by atoms with E-state index in [2.05, 4.69) is 28.9 Å². The number of nitrogens with one attached hydrogen (secondary N) is 1. The molecule has 5 nitrogen and oxygen atoms in total. The van der Waals surface area contributed by atoms with Gasteiger partial charge in [-0.1, -0.05) is 13.8 Å². The van der Waals surface area contributed by atoms with Gasteiger partial charge in [-0.05, 0) is 25.0 Å². The van der Waals surface area contributed by atoms with Crippen LogP contribution in [0.25, 0.3) is 22.7 Å². The lowest BCUT2D eigenvalue weighted by atomic mass is 10.2. The molecule has 0 spiro atoms. The summed E-state index contributed by atoms with van der Waals surface area (Å²) in [5.74, 6) is 2.05. The number of imidazole rings is 1. The van der Waals surface area contributed by atoms with Crippen molar-refractivity contribution in [3.63, 3.8) is 0 Å². The minimum atomic E-state index is 0.538. The van der Waals surface area contributed by atoms with Gasteiger partial charge in [0.25, 0.3) is 0 Å². The molecule has 0 fully saturated rings. The summed E-state index contributed by atoms with van der Waals surface area (Å²) in [6, 6.07) is 3.75. The molecule has 3 rings (SSSR count). The number of aromatic nitrogens is 4. The van der Waals surface area contributed by atoms with Gasteiger partial charge in [0.1, 0.15) is 5.52 Å². The van der Waals surface area contributed by atoms with Crippen LogP contribution in [0, 0.1) is 12.8 Å². The van der Waals surface area contributed by atoms with Crippen LogP contribution in [0.15, 0.2) is 22.8 Å². The van der Waals surface area contributed by atoms with Gasteiger partial charge < -0.3 is 9.40 Å². The van der Waals surface area contributed by atoms with Crippen molar-refractivity contribution < 1.29 is 4.42 Å². The Kier molecular flexibility index (Phi) is 2.47. The SMILES string of the molecule is Cc1nn(CC(C)C)c2nc(-c3ccco3)[nH]c12. The topological polar surface area (TPSA) is 59.6 Å². The molecule has 0 aliphatic rings. The fourth-order valence-corrected chi connectivity index (χ4v) is 2.08. The monoisotopic (exact) mass is 244 g/mol. The molecule has 0 saturated carbocycles. The van der Waals surface area contributed by atoms with Gasteiger partial charge >= 0.3 is 0 Å². The maximum atomic E-state index is 5.36. The predicted octanol–water partition coefficient (Wildman–Crippen LogP) is 2.98. The third kappa shape index (κ3) is 1.72. The molecule has 94 valence electrons. The number of aromatic amines is 1. The third-order valence-corrected chi connectivity index (χ3v) is 2.85. The molecule has 0 unspecified atom stereocenters. The molecule has 0 radical (unpaired) electrons. The van der Waals surface area contributed by atoms with Gasteiger partial charge in [0.15, 0.2) is 17.2 Å². The highest BCUT2D eigenvalue weighted by molar-refractivity contribution is 5.77. The summed E-state index contributed by atoms with van der Waals surface area (Å²) in [6.07, 6.45) is 1.65. The van der Waals surface area contributed by atoms with E-state index in [1.54, 1.807) is 6.26 Å². The lowest BCUT2D eigenvalue weighted by molar-refractivity contribution is 0.490. The maximum absolute atomic E-state index is 5.36. The quantitative estimate of drug-likeness (QED) is 0.770. The first-order chi connectivity index (χ1) is 8.65. The highest BCUT2D eigenvalue weighted by Gasteiger charge is 2.15. The van der Waals surface area contributed by atoms with Crippen molar-refractivity contribution in [2.75, 3.05) is 0 Å². The van der Waals surface area contributed by atoms with Crippen LogP contribution in [0.1, 0.15) is 19.5 Å². The summed E-state index contributed by atoms with van der Waals surface area (Å²) in [7, 11) is 0. The number of H-pyrrole nitrogens is 1. The summed E-state index contributed by atoms with van der Waals surface area (Å²) in [5.41, 5.74) is 2.85. The predicted molar refractivity (Wildman–Crippen MR) is 69.2 cm³/mol. The van der Waals surface area contributed by atoms with Gasteiger partial charge in [0.2, 0.25) is 0 Å². The van der Waals surface area contributed by atoms with Crippen molar-refractivity contribution in [3.05, 3.63) is 24.1 Å².